The molecule has 0 radical (unpaired) electrons. The van der Waals surface area contributed by atoms with Gasteiger partial charge in [-0.1, -0.05) is 0 Å². The van der Waals surface area contributed by atoms with E-state index in [4.69, 9.17) is 4.74 Å². The molecular weight excluding hydrogens is 368 g/mol. The van der Waals surface area contributed by atoms with E-state index in [9.17, 15) is 4.79 Å². The fourth-order valence-electron chi connectivity index (χ4n) is 3.93. The van der Waals surface area contributed by atoms with Gasteiger partial charge in [0.25, 0.3) is 5.91 Å². The Hall–Kier alpha value is -2.45. The van der Waals surface area contributed by atoms with E-state index in [-0.39, 0.29) is 5.91 Å². The van der Waals surface area contributed by atoms with Crippen molar-refractivity contribution in [1.29, 1.82) is 0 Å². The highest BCUT2D eigenvalue weighted by Gasteiger charge is 2.24. The Bertz CT molecular complexity index is 837. The molecule has 0 unspecified atom stereocenters. The fraction of sp³-hybridized carbons (Fsp3) is 0.571. The summed E-state index contributed by atoms with van der Waals surface area (Å²) in [4.78, 5) is 24.0. The van der Waals surface area contributed by atoms with Gasteiger partial charge in [0.1, 0.15) is 5.82 Å². The van der Waals surface area contributed by atoms with Gasteiger partial charge in [-0.3, -0.25) is 14.4 Å². The van der Waals surface area contributed by atoms with E-state index < -0.39 is 0 Å². The second kappa shape index (κ2) is 8.92. The van der Waals surface area contributed by atoms with E-state index in [1.807, 2.05) is 21.7 Å². The Morgan fingerprint density at radius 1 is 1.14 bits per heavy atom. The van der Waals surface area contributed by atoms with Crippen molar-refractivity contribution in [3.8, 4) is 0 Å². The number of piperazine rings is 1. The standard InChI is InChI=1S/C21H30N6O2/c1-3-27-16-19(17(2)23-27)15-24-6-8-26(9-7-24)21(28)18-4-5-22-20(14-18)25-10-12-29-13-11-25/h4-5,14,16H,3,6-13,15H2,1-2H3. The van der Waals surface area contributed by atoms with Crippen LogP contribution in [0.25, 0.3) is 0 Å². The summed E-state index contributed by atoms with van der Waals surface area (Å²) in [6.07, 6.45) is 3.87. The summed E-state index contributed by atoms with van der Waals surface area (Å²) in [6.45, 7) is 12.2. The van der Waals surface area contributed by atoms with Crippen LogP contribution >= 0.6 is 0 Å². The summed E-state index contributed by atoms with van der Waals surface area (Å²) in [7, 11) is 0. The Morgan fingerprint density at radius 3 is 2.59 bits per heavy atom. The first-order valence-corrected chi connectivity index (χ1v) is 10.5. The average Bonchev–Trinajstić information content (AvgIpc) is 3.14. The number of pyridine rings is 1. The van der Waals surface area contributed by atoms with E-state index in [2.05, 4.69) is 39.9 Å². The first-order valence-electron chi connectivity index (χ1n) is 10.5. The number of hydrogen-bond donors (Lipinski definition) is 0. The Morgan fingerprint density at radius 2 is 1.90 bits per heavy atom. The molecule has 0 aliphatic carbocycles. The maximum absolute atomic E-state index is 13.0. The number of aryl methyl sites for hydroxylation is 2. The van der Waals surface area contributed by atoms with Crippen LogP contribution in [0, 0.1) is 6.92 Å². The van der Waals surface area contributed by atoms with Crippen molar-refractivity contribution in [1.82, 2.24) is 24.6 Å². The third-order valence-corrected chi connectivity index (χ3v) is 5.75. The largest absolute Gasteiger partial charge is 0.378 e. The molecule has 1 amide bonds. The zero-order valence-corrected chi connectivity index (χ0v) is 17.4. The van der Waals surface area contributed by atoms with Gasteiger partial charge in [0.15, 0.2) is 0 Å². The van der Waals surface area contributed by atoms with Crippen LogP contribution in [0.3, 0.4) is 0 Å². The highest BCUT2D eigenvalue weighted by atomic mass is 16.5. The minimum Gasteiger partial charge on any atom is -0.378 e. The Balaban J connectivity index is 1.34. The molecule has 2 saturated heterocycles. The first kappa shape index (κ1) is 19.8. The van der Waals surface area contributed by atoms with E-state index in [1.165, 1.54) is 5.56 Å². The van der Waals surface area contributed by atoms with Gasteiger partial charge in [-0.15, -0.1) is 0 Å². The molecule has 4 heterocycles. The van der Waals surface area contributed by atoms with Gasteiger partial charge in [-0.05, 0) is 26.0 Å². The number of rotatable bonds is 5. The van der Waals surface area contributed by atoms with E-state index in [1.54, 1.807) is 6.20 Å². The minimum atomic E-state index is 0.0940. The molecule has 0 atom stereocenters. The van der Waals surface area contributed by atoms with Crippen LogP contribution in [0.1, 0.15) is 28.5 Å². The third kappa shape index (κ3) is 4.59. The molecule has 8 heteroatoms. The minimum absolute atomic E-state index is 0.0940. The Labute approximate surface area is 172 Å². The monoisotopic (exact) mass is 398 g/mol. The zero-order valence-electron chi connectivity index (χ0n) is 17.4. The van der Waals surface area contributed by atoms with Crippen molar-refractivity contribution < 1.29 is 9.53 Å². The molecule has 2 fully saturated rings. The highest BCUT2D eigenvalue weighted by Crippen LogP contribution is 2.17. The molecule has 0 N–H and O–H groups in total. The number of amides is 1. The van der Waals surface area contributed by atoms with Crippen LogP contribution in [-0.2, 0) is 17.8 Å². The van der Waals surface area contributed by atoms with Crippen LogP contribution in [0.2, 0.25) is 0 Å². The maximum atomic E-state index is 13.0. The zero-order chi connectivity index (χ0) is 20.2. The van der Waals surface area contributed by atoms with E-state index in [0.29, 0.717) is 13.2 Å². The van der Waals surface area contributed by atoms with Crippen LogP contribution in [0.5, 0.6) is 0 Å². The lowest BCUT2D eigenvalue weighted by molar-refractivity contribution is 0.0628. The molecule has 2 aliphatic rings. The predicted molar refractivity (Wildman–Crippen MR) is 111 cm³/mol. The number of aromatic nitrogens is 3. The predicted octanol–water partition coefficient (Wildman–Crippen LogP) is 1.40. The summed E-state index contributed by atoms with van der Waals surface area (Å²) in [5.41, 5.74) is 3.09. The summed E-state index contributed by atoms with van der Waals surface area (Å²) in [6, 6.07) is 3.74. The summed E-state index contributed by atoms with van der Waals surface area (Å²) < 4.78 is 7.39. The van der Waals surface area contributed by atoms with Gasteiger partial charge in [-0.25, -0.2) is 4.98 Å². The van der Waals surface area contributed by atoms with Crippen molar-refractivity contribution in [2.75, 3.05) is 57.4 Å². The lowest BCUT2D eigenvalue weighted by Crippen LogP contribution is -2.48. The SMILES string of the molecule is CCn1cc(CN2CCN(C(=O)c3ccnc(N4CCOCC4)c3)CC2)c(C)n1. The van der Waals surface area contributed by atoms with E-state index in [0.717, 1.165) is 69.4 Å². The number of carbonyl (C=O) groups excluding carboxylic acids is 1. The molecule has 0 aromatic carbocycles. The van der Waals surface area contributed by atoms with Gasteiger partial charge >= 0.3 is 0 Å². The summed E-state index contributed by atoms with van der Waals surface area (Å²) in [5.74, 6) is 0.956. The van der Waals surface area contributed by atoms with Gasteiger partial charge in [0.2, 0.25) is 0 Å². The van der Waals surface area contributed by atoms with Gasteiger partial charge in [0, 0.05) is 75.9 Å². The number of morpholine rings is 1. The third-order valence-electron chi connectivity index (χ3n) is 5.75. The normalized spacial score (nSPS) is 18.3. The molecule has 2 aromatic rings. The second-order valence-electron chi connectivity index (χ2n) is 7.67. The summed E-state index contributed by atoms with van der Waals surface area (Å²) >= 11 is 0. The molecule has 156 valence electrons. The molecule has 2 aromatic heterocycles. The number of nitrogens with zero attached hydrogens (tertiary/aromatic N) is 6. The smallest absolute Gasteiger partial charge is 0.254 e. The molecule has 0 saturated carbocycles. The lowest BCUT2D eigenvalue weighted by atomic mass is 10.2. The topological polar surface area (TPSA) is 66.7 Å². The molecule has 4 rings (SSSR count). The van der Waals surface area contributed by atoms with Crippen LogP contribution in [0.4, 0.5) is 5.82 Å². The van der Waals surface area contributed by atoms with Crippen molar-refractivity contribution in [3.05, 3.63) is 41.3 Å². The van der Waals surface area contributed by atoms with Crippen LogP contribution < -0.4 is 4.90 Å². The highest BCUT2D eigenvalue weighted by molar-refractivity contribution is 5.95. The van der Waals surface area contributed by atoms with Crippen LogP contribution in [-0.4, -0.2) is 83.0 Å². The van der Waals surface area contributed by atoms with Gasteiger partial charge in [-0.2, -0.15) is 5.10 Å². The van der Waals surface area contributed by atoms with E-state index >= 15 is 0 Å². The fourth-order valence-corrected chi connectivity index (χ4v) is 3.93. The maximum Gasteiger partial charge on any atom is 0.254 e. The number of carbonyl (C=O) groups is 1. The number of ether oxygens (including phenoxy) is 1. The van der Waals surface area contributed by atoms with Crippen LogP contribution in [0.15, 0.2) is 24.5 Å². The Kier molecular flexibility index (Phi) is 6.10. The molecule has 0 bridgehead atoms. The van der Waals surface area contributed by atoms with Crippen molar-refractivity contribution in [2.45, 2.75) is 26.9 Å². The molecular formula is C21H30N6O2. The average molecular weight is 399 g/mol. The number of anilines is 1. The van der Waals surface area contributed by atoms with Gasteiger partial charge in [0.05, 0.1) is 18.9 Å². The molecule has 2 aliphatic heterocycles. The molecule has 8 nitrogen and oxygen atoms in total. The van der Waals surface area contributed by atoms with Gasteiger partial charge < -0.3 is 14.5 Å². The molecule has 0 spiro atoms. The number of hydrogen-bond acceptors (Lipinski definition) is 6. The van der Waals surface area contributed by atoms with Crippen molar-refractivity contribution >= 4 is 11.7 Å². The lowest BCUT2D eigenvalue weighted by Gasteiger charge is -2.35. The first-order chi connectivity index (χ1) is 14.1. The summed E-state index contributed by atoms with van der Waals surface area (Å²) in [5, 5.41) is 4.53. The van der Waals surface area contributed by atoms with Crippen molar-refractivity contribution in [3.63, 3.8) is 0 Å². The molecule has 29 heavy (non-hydrogen) atoms. The quantitative estimate of drug-likeness (QED) is 0.759. The second-order valence-corrected chi connectivity index (χ2v) is 7.67. The van der Waals surface area contributed by atoms with Crippen molar-refractivity contribution in [2.24, 2.45) is 0 Å².